The smallest absolute Gasteiger partial charge is 0.306 e. The van der Waals surface area contributed by atoms with E-state index in [9.17, 15) is 9.90 Å². The molecular weight excluding hydrogens is 330 g/mol. The molecule has 0 aromatic rings. The number of nitrogens with zero attached hydrogens (tertiary/aromatic N) is 1. The van der Waals surface area contributed by atoms with Crippen LogP contribution in [0.3, 0.4) is 0 Å². The van der Waals surface area contributed by atoms with E-state index in [1.165, 1.54) is 57.8 Å². The van der Waals surface area contributed by atoms with E-state index in [1.54, 1.807) is 0 Å². The predicted octanol–water partition coefficient (Wildman–Crippen LogP) is 6.91. The van der Waals surface area contributed by atoms with E-state index in [-0.39, 0.29) is 5.92 Å². The van der Waals surface area contributed by atoms with Crippen LogP contribution in [0.1, 0.15) is 104 Å². The van der Waals surface area contributed by atoms with Crippen LogP contribution in [0.15, 0.2) is 4.99 Å². The highest BCUT2D eigenvalue weighted by Crippen LogP contribution is 2.23. The minimum atomic E-state index is -0.641. The van der Waals surface area contributed by atoms with Crippen LogP contribution in [0.5, 0.6) is 0 Å². The highest BCUT2D eigenvalue weighted by molar-refractivity contribution is 7.78. The van der Waals surface area contributed by atoms with Gasteiger partial charge in [0.1, 0.15) is 0 Å². The number of aliphatic carboxylic acids is 1. The van der Waals surface area contributed by atoms with Crippen molar-refractivity contribution < 1.29 is 9.90 Å². The molecule has 4 heteroatoms. The van der Waals surface area contributed by atoms with Gasteiger partial charge in [-0.2, -0.15) is 0 Å². The first-order chi connectivity index (χ1) is 12.1. The molecule has 146 valence electrons. The zero-order valence-electron chi connectivity index (χ0n) is 16.5. The number of hydrogen-bond acceptors (Lipinski definition) is 3. The van der Waals surface area contributed by atoms with E-state index in [2.05, 4.69) is 36.2 Å². The number of isothiocyanates is 1. The first-order valence-corrected chi connectivity index (χ1v) is 10.8. The van der Waals surface area contributed by atoms with Gasteiger partial charge in [0.05, 0.1) is 11.1 Å². The Balaban J connectivity index is 3.69. The molecule has 2 atom stereocenters. The van der Waals surface area contributed by atoms with Crippen LogP contribution in [-0.2, 0) is 4.79 Å². The Kier molecular flexibility index (Phi) is 17.5. The van der Waals surface area contributed by atoms with Crippen LogP contribution in [0.4, 0.5) is 0 Å². The van der Waals surface area contributed by atoms with Gasteiger partial charge in [-0.25, -0.2) is 4.99 Å². The fourth-order valence-electron chi connectivity index (χ4n) is 3.38. The first kappa shape index (κ1) is 24.3. The predicted molar refractivity (Wildman–Crippen MR) is 110 cm³/mol. The van der Waals surface area contributed by atoms with Crippen molar-refractivity contribution in [1.82, 2.24) is 0 Å². The molecule has 0 bridgehead atoms. The summed E-state index contributed by atoms with van der Waals surface area (Å²) in [5, 5.41) is 11.8. The maximum Gasteiger partial charge on any atom is 0.306 e. The number of thiocarbonyl (C=S) groups is 1. The monoisotopic (exact) mass is 369 g/mol. The summed E-state index contributed by atoms with van der Waals surface area (Å²) in [6.45, 7) is 5.13. The van der Waals surface area contributed by atoms with Gasteiger partial charge in [-0.3, -0.25) is 4.79 Å². The van der Waals surface area contributed by atoms with Crippen LogP contribution in [0.25, 0.3) is 0 Å². The number of hydrogen-bond donors (Lipinski definition) is 1. The van der Waals surface area contributed by atoms with Gasteiger partial charge < -0.3 is 5.11 Å². The van der Waals surface area contributed by atoms with Gasteiger partial charge in [-0.1, -0.05) is 84.5 Å². The lowest BCUT2D eigenvalue weighted by Crippen LogP contribution is -2.17. The molecule has 1 N–H and O–H groups in total. The lowest BCUT2D eigenvalue weighted by molar-refractivity contribution is -0.142. The summed E-state index contributed by atoms with van der Waals surface area (Å²) in [5.41, 5.74) is 0. The average Bonchev–Trinajstić information content (AvgIpc) is 2.59. The number of rotatable bonds is 18. The molecule has 25 heavy (non-hydrogen) atoms. The lowest BCUT2D eigenvalue weighted by Gasteiger charge is -2.17. The summed E-state index contributed by atoms with van der Waals surface area (Å²) in [6.07, 6.45) is 16.6. The molecule has 0 rings (SSSR count). The Labute approximate surface area is 160 Å². The molecule has 0 saturated heterocycles. The third-order valence-corrected chi connectivity index (χ3v) is 5.10. The normalized spacial score (nSPS) is 13.2. The van der Waals surface area contributed by atoms with E-state index in [4.69, 9.17) is 0 Å². The highest BCUT2D eigenvalue weighted by atomic mass is 32.1. The third-order valence-electron chi connectivity index (χ3n) is 4.97. The van der Waals surface area contributed by atoms with E-state index in [0.717, 1.165) is 32.1 Å². The number of carboxylic acids is 1. The topological polar surface area (TPSA) is 49.7 Å². The molecular formula is C21H39NO2S. The van der Waals surface area contributed by atoms with Crippen LogP contribution in [0.2, 0.25) is 0 Å². The summed E-state index contributed by atoms with van der Waals surface area (Å²) >= 11 is 4.53. The summed E-state index contributed by atoms with van der Waals surface area (Å²) in [7, 11) is 0. The van der Waals surface area contributed by atoms with Crippen LogP contribution in [-0.4, -0.2) is 22.8 Å². The van der Waals surface area contributed by atoms with Gasteiger partial charge >= 0.3 is 5.97 Å². The molecule has 2 unspecified atom stereocenters. The van der Waals surface area contributed by atoms with E-state index in [1.807, 2.05) is 0 Å². The number of unbranched alkanes of at least 4 members (excludes halogenated alkanes) is 9. The average molecular weight is 370 g/mol. The first-order valence-electron chi connectivity index (χ1n) is 10.4. The Hall–Kier alpha value is -0.730. The fourth-order valence-corrected chi connectivity index (χ4v) is 3.47. The molecule has 0 aliphatic rings. The van der Waals surface area contributed by atoms with Gasteiger partial charge in [-0.05, 0) is 37.4 Å². The Morgan fingerprint density at radius 1 is 0.960 bits per heavy atom. The molecule has 3 nitrogen and oxygen atoms in total. The summed E-state index contributed by atoms with van der Waals surface area (Å²) in [5.74, 6) is -0.341. The van der Waals surface area contributed by atoms with E-state index in [0.29, 0.717) is 12.5 Å². The lowest BCUT2D eigenvalue weighted by atomic mass is 9.88. The minimum absolute atomic E-state index is 0.204. The second-order valence-corrected chi connectivity index (χ2v) is 7.64. The van der Waals surface area contributed by atoms with Crippen molar-refractivity contribution in [2.75, 3.05) is 6.54 Å². The second kappa shape index (κ2) is 18.1. The molecule has 0 amide bonds. The van der Waals surface area contributed by atoms with Crippen LogP contribution < -0.4 is 0 Å². The standard InChI is InChI=1S/C21H39NO2S/c1-3-4-5-6-7-8-9-10-11-14-19(2)17-20(21(23)24)15-12-13-16-22-18-25/h19-20H,3-17H2,1-2H3,(H,23,24). The Morgan fingerprint density at radius 3 is 2.08 bits per heavy atom. The summed E-state index contributed by atoms with van der Waals surface area (Å²) < 4.78 is 0. The molecule has 0 radical (unpaired) electrons. The molecule has 0 aromatic carbocycles. The number of carbonyl (C=O) groups is 1. The zero-order valence-corrected chi connectivity index (χ0v) is 17.3. The van der Waals surface area contributed by atoms with Crippen molar-refractivity contribution >= 4 is 23.3 Å². The van der Waals surface area contributed by atoms with Crippen molar-refractivity contribution in [3.05, 3.63) is 0 Å². The largest absolute Gasteiger partial charge is 0.481 e. The Bertz CT molecular complexity index is 367. The van der Waals surface area contributed by atoms with Gasteiger partial charge in [-0.15, -0.1) is 0 Å². The highest BCUT2D eigenvalue weighted by Gasteiger charge is 2.19. The summed E-state index contributed by atoms with van der Waals surface area (Å²) in [6, 6.07) is 0. The number of aliphatic imine (C=N–C) groups is 1. The van der Waals surface area contributed by atoms with Crippen molar-refractivity contribution in [3.63, 3.8) is 0 Å². The quantitative estimate of drug-likeness (QED) is 0.162. The van der Waals surface area contributed by atoms with E-state index >= 15 is 0 Å². The molecule has 0 heterocycles. The second-order valence-electron chi connectivity index (χ2n) is 7.46. The van der Waals surface area contributed by atoms with Gasteiger partial charge in [0.25, 0.3) is 0 Å². The summed E-state index contributed by atoms with van der Waals surface area (Å²) in [4.78, 5) is 15.3. The molecule has 0 saturated carbocycles. The van der Waals surface area contributed by atoms with Crippen LogP contribution >= 0.6 is 12.2 Å². The molecule has 0 fully saturated rings. The van der Waals surface area contributed by atoms with E-state index < -0.39 is 5.97 Å². The SMILES string of the molecule is CCCCCCCCCCCC(C)CC(CCCCN=C=S)C(=O)O. The minimum Gasteiger partial charge on any atom is -0.481 e. The van der Waals surface area contributed by atoms with Crippen molar-refractivity contribution in [2.24, 2.45) is 16.8 Å². The van der Waals surface area contributed by atoms with Gasteiger partial charge in [0, 0.05) is 6.54 Å². The Morgan fingerprint density at radius 2 is 1.52 bits per heavy atom. The molecule has 0 spiro atoms. The third kappa shape index (κ3) is 16.5. The zero-order chi connectivity index (χ0) is 18.8. The molecule has 0 aliphatic heterocycles. The van der Waals surface area contributed by atoms with Gasteiger partial charge in [0.15, 0.2) is 0 Å². The van der Waals surface area contributed by atoms with Crippen molar-refractivity contribution in [3.8, 4) is 0 Å². The maximum absolute atomic E-state index is 11.4. The van der Waals surface area contributed by atoms with Gasteiger partial charge in [0.2, 0.25) is 0 Å². The molecule has 0 aliphatic carbocycles. The number of carboxylic acid groups (broad SMARTS) is 1. The maximum atomic E-state index is 11.4. The fraction of sp³-hybridized carbons (Fsp3) is 0.905. The van der Waals surface area contributed by atoms with Crippen molar-refractivity contribution in [2.45, 2.75) is 104 Å². The van der Waals surface area contributed by atoms with Crippen molar-refractivity contribution in [1.29, 1.82) is 0 Å². The van der Waals surface area contributed by atoms with Crippen LogP contribution in [0, 0.1) is 11.8 Å². The molecule has 0 aromatic heterocycles.